The van der Waals surface area contributed by atoms with Crippen LogP contribution in [0.4, 0.5) is 4.39 Å². The van der Waals surface area contributed by atoms with E-state index in [1.807, 2.05) is 26.0 Å². The highest BCUT2D eigenvalue weighted by Gasteiger charge is 2.17. The standard InChI is InChI=1S/C15H14ClFO/c1-9-4-3-5-12(10(9)2)15(18)13-7-6-11(16)8-14(13)17/h3-8,15,18H,1-2H3. The van der Waals surface area contributed by atoms with Crippen LogP contribution in [0.5, 0.6) is 0 Å². The first-order valence-corrected chi connectivity index (χ1v) is 6.07. The van der Waals surface area contributed by atoms with Crippen LogP contribution < -0.4 is 0 Å². The Kier molecular flexibility index (Phi) is 3.69. The molecular formula is C15H14ClFO. The van der Waals surface area contributed by atoms with Crippen LogP contribution in [-0.4, -0.2) is 5.11 Å². The van der Waals surface area contributed by atoms with Crippen LogP contribution in [0.1, 0.15) is 28.4 Å². The van der Waals surface area contributed by atoms with E-state index in [2.05, 4.69) is 0 Å². The molecule has 0 amide bonds. The van der Waals surface area contributed by atoms with Crippen molar-refractivity contribution in [3.05, 3.63) is 69.5 Å². The second kappa shape index (κ2) is 5.09. The van der Waals surface area contributed by atoms with Crippen molar-refractivity contribution in [1.29, 1.82) is 0 Å². The Balaban J connectivity index is 2.48. The molecule has 0 saturated carbocycles. The number of hydrogen-bond acceptors (Lipinski definition) is 1. The maximum Gasteiger partial charge on any atom is 0.130 e. The number of hydrogen-bond donors (Lipinski definition) is 1. The van der Waals surface area contributed by atoms with Crippen molar-refractivity contribution in [2.75, 3.05) is 0 Å². The van der Waals surface area contributed by atoms with Gasteiger partial charge in [-0.3, -0.25) is 0 Å². The first-order valence-electron chi connectivity index (χ1n) is 5.70. The molecule has 0 aromatic heterocycles. The third-order valence-electron chi connectivity index (χ3n) is 3.20. The molecule has 0 aliphatic rings. The number of benzene rings is 2. The van der Waals surface area contributed by atoms with Crippen LogP contribution in [0.15, 0.2) is 36.4 Å². The lowest BCUT2D eigenvalue weighted by atomic mass is 9.94. The van der Waals surface area contributed by atoms with E-state index in [1.54, 1.807) is 12.1 Å². The molecule has 2 aromatic carbocycles. The Morgan fingerprint density at radius 1 is 1.11 bits per heavy atom. The van der Waals surface area contributed by atoms with E-state index in [-0.39, 0.29) is 5.56 Å². The largest absolute Gasteiger partial charge is 0.384 e. The zero-order chi connectivity index (χ0) is 13.3. The quantitative estimate of drug-likeness (QED) is 0.863. The molecule has 1 unspecified atom stereocenters. The Hall–Kier alpha value is -1.38. The molecule has 0 saturated heterocycles. The Morgan fingerprint density at radius 2 is 1.83 bits per heavy atom. The molecule has 0 aliphatic carbocycles. The van der Waals surface area contributed by atoms with E-state index >= 15 is 0 Å². The number of aliphatic hydroxyl groups excluding tert-OH is 1. The van der Waals surface area contributed by atoms with Crippen LogP contribution in [0.25, 0.3) is 0 Å². The van der Waals surface area contributed by atoms with E-state index in [9.17, 15) is 9.50 Å². The number of rotatable bonds is 2. The van der Waals surface area contributed by atoms with Gasteiger partial charge < -0.3 is 5.11 Å². The molecule has 0 fully saturated rings. The minimum atomic E-state index is -0.970. The van der Waals surface area contributed by atoms with Gasteiger partial charge in [0.15, 0.2) is 0 Å². The summed E-state index contributed by atoms with van der Waals surface area (Å²) in [5.74, 6) is -0.490. The Morgan fingerprint density at radius 3 is 2.50 bits per heavy atom. The smallest absolute Gasteiger partial charge is 0.130 e. The Labute approximate surface area is 111 Å². The van der Waals surface area contributed by atoms with Crippen molar-refractivity contribution in [2.45, 2.75) is 20.0 Å². The average molecular weight is 265 g/mol. The lowest BCUT2D eigenvalue weighted by Gasteiger charge is -2.16. The zero-order valence-electron chi connectivity index (χ0n) is 10.2. The molecule has 94 valence electrons. The molecule has 0 aliphatic heterocycles. The molecule has 0 bridgehead atoms. The topological polar surface area (TPSA) is 20.2 Å². The predicted octanol–water partition coefficient (Wildman–Crippen LogP) is 4.18. The summed E-state index contributed by atoms with van der Waals surface area (Å²) in [5.41, 5.74) is 3.00. The highest BCUT2D eigenvalue weighted by atomic mass is 35.5. The highest BCUT2D eigenvalue weighted by Crippen LogP contribution is 2.29. The van der Waals surface area contributed by atoms with Gasteiger partial charge in [0.05, 0.1) is 0 Å². The molecule has 0 heterocycles. The minimum absolute atomic E-state index is 0.244. The van der Waals surface area contributed by atoms with E-state index in [1.165, 1.54) is 12.1 Å². The molecule has 1 atom stereocenters. The number of halogens is 2. The lowest BCUT2D eigenvalue weighted by Crippen LogP contribution is -2.05. The SMILES string of the molecule is Cc1cccc(C(O)c2ccc(Cl)cc2F)c1C. The minimum Gasteiger partial charge on any atom is -0.384 e. The van der Waals surface area contributed by atoms with Crippen LogP contribution in [0, 0.1) is 19.7 Å². The van der Waals surface area contributed by atoms with Crippen LogP contribution >= 0.6 is 11.6 Å². The maximum absolute atomic E-state index is 13.8. The van der Waals surface area contributed by atoms with Gasteiger partial charge in [-0.1, -0.05) is 35.9 Å². The molecule has 2 aromatic rings. The summed E-state index contributed by atoms with van der Waals surface area (Å²) in [6, 6.07) is 9.93. The van der Waals surface area contributed by atoms with Gasteiger partial charge in [0, 0.05) is 10.6 Å². The summed E-state index contributed by atoms with van der Waals surface area (Å²) >= 11 is 5.70. The van der Waals surface area contributed by atoms with Crippen molar-refractivity contribution in [3.63, 3.8) is 0 Å². The Bertz CT molecular complexity index is 581. The first-order chi connectivity index (χ1) is 8.50. The zero-order valence-corrected chi connectivity index (χ0v) is 11.0. The second-order valence-electron chi connectivity index (χ2n) is 4.36. The first kappa shape index (κ1) is 13.1. The molecule has 0 radical (unpaired) electrons. The second-order valence-corrected chi connectivity index (χ2v) is 4.79. The van der Waals surface area contributed by atoms with Gasteiger partial charge in [-0.25, -0.2) is 4.39 Å². The summed E-state index contributed by atoms with van der Waals surface area (Å²) in [6.45, 7) is 3.88. The van der Waals surface area contributed by atoms with Gasteiger partial charge in [-0.05, 0) is 42.7 Å². The molecule has 1 nitrogen and oxygen atoms in total. The molecule has 18 heavy (non-hydrogen) atoms. The fourth-order valence-electron chi connectivity index (χ4n) is 1.96. The van der Waals surface area contributed by atoms with Gasteiger partial charge in [-0.2, -0.15) is 0 Å². The molecule has 1 N–H and O–H groups in total. The van der Waals surface area contributed by atoms with Gasteiger partial charge in [0.1, 0.15) is 11.9 Å². The van der Waals surface area contributed by atoms with Crippen molar-refractivity contribution in [3.8, 4) is 0 Å². The van der Waals surface area contributed by atoms with Gasteiger partial charge in [-0.15, -0.1) is 0 Å². The van der Waals surface area contributed by atoms with E-state index in [0.29, 0.717) is 5.02 Å². The fraction of sp³-hybridized carbons (Fsp3) is 0.200. The third kappa shape index (κ3) is 2.40. The van der Waals surface area contributed by atoms with E-state index in [4.69, 9.17) is 11.6 Å². The van der Waals surface area contributed by atoms with Crippen molar-refractivity contribution >= 4 is 11.6 Å². The average Bonchev–Trinajstić information content (AvgIpc) is 2.32. The summed E-state index contributed by atoms with van der Waals surface area (Å²) in [7, 11) is 0. The van der Waals surface area contributed by atoms with Crippen LogP contribution in [-0.2, 0) is 0 Å². The van der Waals surface area contributed by atoms with Crippen molar-refractivity contribution < 1.29 is 9.50 Å². The van der Waals surface area contributed by atoms with Gasteiger partial charge in [0.2, 0.25) is 0 Å². The predicted molar refractivity (Wildman–Crippen MR) is 71.4 cm³/mol. The number of aliphatic hydroxyl groups is 1. The summed E-state index contributed by atoms with van der Waals surface area (Å²) < 4.78 is 13.8. The van der Waals surface area contributed by atoms with E-state index in [0.717, 1.165) is 16.7 Å². The molecular weight excluding hydrogens is 251 g/mol. The third-order valence-corrected chi connectivity index (χ3v) is 3.43. The normalized spacial score (nSPS) is 12.5. The maximum atomic E-state index is 13.8. The number of aryl methyl sites for hydroxylation is 1. The monoisotopic (exact) mass is 264 g/mol. The van der Waals surface area contributed by atoms with E-state index < -0.39 is 11.9 Å². The molecule has 0 spiro atoms. The fourth-order valence-corrected chi connectivity index (χ4v) is 2.12. The lowest BCUT2D eigenvalue weighted by molar-refractivity contribution is 0.214. The van der Waals surface area contributed by atoms with Crippen LogP contribution in [0.2, 0.25) is 5.02 Å². The highest BCUT2D eigenvalue weighted by molar-refractivity contribution is 6.30. The molecule has 3 heteroatoms. The van der Waals surface area contributed by atoms with Gasteiger partial charge in [0.25, 0.3) is 0 Å². The molecule has 2 rings (SSSR count). The van der Waals surface area contributed by atoms with Crippen LogP contribution in [0.3, 0.4) is 0 Å². The summed E-state index contributed by atoms with van der Waals surface area (Å²) in [4.78, 5) is 0. The summed E-state index contributed by atoms with van der Waals surface area (Å²) in [5, 5.41) is 10.6. The van der Waals surface area contributed by atoms with Crippen molar-refractivity contribution in [2.24, 2.45) is 0 Å². The van der Waals surface area contributed by atoms with Gasteiger partial charge >= 0.3 is 0 Å². The van der Waals surface area contributed by atoms with Crippen molar-refractivity contribution in [1.82, 2.24) is 0 Å². The summed E-state index contributed by atoms with van der Waals surface area (Å²) in [6.07, 6.45) is -0.970.